The van der Waals surface area contributed by atoms with Gasteiger partial charge >= 0.3 is 0 Å². The van der Waals surface area contributed by atoms with Crippen LogP contribution in [0.5, 0.6) is 5.75 Å². The lowest BCUT2D eigenvalue weighted by molar-refractivity contribution is -0.117. The number of hydrogen-bond acceptors (Lipinski definition) is 6. The average molecular weight is 505 g/mol. The number of halogens is 1. The minimum absolute atomic E-state index is 0.104. The number of nitrogens with zero attached hydrogens (tertiary/aromatic N) is 1. The number of amides is 1. The number of benzene rings is 2. The Kier molecular flexibility index (Phi) is 6.86. The number of imidazole rings is 1. The highest BCUT2D eigenvalue weighted by Gasteiger charge is 2.21. The zero-order valence-electron chi connectivity index (χ0n) is 19.2. The van der Waals surface area contributed by atoms with Gasteiger partial charge in [0.05, 0.1) is 11.6 Å². The lowest BCUT2D eigenvalue weighted by Gasteiger charge is -2.16. The fraction of sp³-hybridized carbons (Fsp3) is 0.192. The Hall–Kier alpha value is -3.92. The Morgan fingerprint density at radius 1 is 1.19 bits per heavy atom. The van der Waals surface area contributed by atoms with Gasteiger partial charge in [-0.05, 0) is 24.1 Å². The maximum atomic E-state index is 12.8. The van der Waals surface area contributed by atoms with E-state index in [2.05, 4.69) is 25.9 Å². The van der Waals surface area contributed by atoms with Crippen molar-refractivity contribution >= 4 is 28.4 Å². The third kappa shape index (κ3) is 5.33. The fourth-order valence-electron chi connectivity index (χ4n) is 4.24. The molecule has 1 aliphatic rings. The summed E-state index contributed by atoms with van der Waals surface area (Å²) in [6.07, 6.45) is 3.87. The van der Waals surface area contributed by atoms with E-state index in [4.69, 9.17) is 16.6 Å². The molecule has 0 radical (unpaired) electrons. The summed E-state index contributed by atoms with van der Waals surface area (Å²) in [5.74, 6) is 0.140. The molecule has 3 heterocycles. The average Bonchev–Trinajstić information content (AvgIpc) is 3.53. The molecular weight excluding hydrogens is 480 g/mol. The summed E-state index contributed by atoms with van der Waals surface area (Å²) in [5, 5.41) is 20.5. The van der Waals surface area contributed by atoms with Crippen LogP contribution in [-0.4, -0.2) is 45.2 Å². The van der Waals surface area contributed by atoms with E-state index in [0.717, 1.165) is 18.2 Å². The van der Waals surface area contributed by atoms with Crippen molar-refractivity contribution in [2.75, 3.05) is 13.2 Å². The van der Waals surface area contributed by atoms with Gasteiger partial charge in [0.1, 0.15) is 22.4 Å². The quantitative estimate of drug-likeness (QED) is 0.214. The predicted octanol–water partition coefficient (Wildman–Crippen LogP) is 2.75. The number of rotatable bonds is 7. The lowest BCUT2D eigenvalue weighted by atomic mass is 10.1. The molecule has 0 aliphatic carbocycles. The largest absolute Gasteiger partial charge is 0.507 e. The van der Waals surface area contributed by atoms with Crippen molar-refractivity contribution < 1.29 is 9.90 Å². The molecule has 1 unspecified atom stereocenters. The summed E-state index contributed by atoms with van der Waals surface area (Å²) in [6, 6.07) is 15.7. The van der Waals surface area contributed by atoms with Crippen molar-refractivity contribution in [2.45, 2.75) is 18.5 Å². The van der Waals surface area contributed by atoms with Crippen molar-refractivity contribution in [2.24, 2.45) is 0 Å². The van der Waals surface area contributed by atoms with Crippen molar-refractivity contribution in [3.05, 3.63) is 93.6 Å². The Bertz CT molecular complexity index is 1470. The molecule has 4 aromatic rings. The number of pyridine rings is 1. The number of aromatic hydroxyl groups is 1. The molecule has 36 heavy (non-hydrogen) atoms. The molecular formula is C26H25ClN6O3. The van der Waals surface area contributed by atoms with E-state index in [0.29, 0.717) is 46.2 Å². The number of hydrogen-bond donors (Lipinski definition) is 6. The van der Waals surface area contributed by atoms with Crippen LogP contribution in [0.3, 0.4) is 0 Å². The molecule has 2 aromatic carbocycles. The first-order chi connectivity index (χ1) is 17.5. The van der Waals surface area contributed by atoms with E-state index in [1.165, 1.54) is 6.08 Å². The second kappa shape index (κ2) is 10.4. The molecule has 6 N–H and O–H groups in total. The predicted molar refractivity (Wildman–Crippen MR) is 139 cm³/mol. The first-order valence-corrected chi connectivity index (χ1v) is 11.9. The standard InChI is InChI=1S/C26H25ClN6O3/c27-25-24(16-6-8-19-18(11-16)21(34)12-23(36)30-19)32-26(33-25)20(10-15-4-2-1-3-5-15)31-22(35)9-7-17-13-28-14-29-17/h1-9,11-12,17,20,28-29H,10,13-14H2,(H,31,35)(H,32,33)(H2,30,34,36)/b9-7+/t17?,20-/m0/s1. The SMILES string of the molecule is O=C(/C=C/C1CNCN1)N[C@@H](Cc1ccccc1)c1nc(-c2ccc3[nH]c(=O)cc(O)c3c2)c(Cl)[nH]1. The number of carbonyl (C=O) groups excluding carboxylic acids is 1. The van der Waals surface area contributed by atoms with Crippen LogP contribution in [0.15, 0.2) is 71.5 Å². The summed E-state index contributed by atoms with van der Waals surface area (Å²) in [4.78, 5) is 34.9. The van der Waals surface area contributed by atoms with Gasteiger partial charge in [-0.25, -0.2) is 4.98 Å². The number of H-pyrrole nitrogens is 2. The highest BCUT2D eigenvalue weighted by Crippen LogP contribution is 2.32. The second-order valence-electron chi connectivity index (χ2n) is 8.62. The molecule has 0 bridgehead atoms. The minimum Gasteiger partial charge on any atom is -0.507 e. The smallest absolute Gasteiger partial charge is 0.252 e. The van der Waals surface area contributed by atoms with Gasteiger partial charge in [-0.1, -0.05) is 54.1 Å². The summed E-state index contributed by atoms with van der Waals surface area (Å²) < 4.78 is 0. The van der Waals surface area contributed by atoms with Crippen molar-refractivity contribution in [1.82, 2.24) is 30.9 Å². The lowest BCUT2D eigenvalue weighted by Crippen LogP contribution is -2.30. The van der Waals surface area contributed by atoms with Crippen LogP contribution in [0, 0.1) is 0 Å². The van der Waals surface area contributed by atoms with Crippen molar-refractivity contribution in [3.63, 3.8) is 0 Å². The Labute approximate surface area is 211 Å². The molecule has 1 amide bonds. The van der Waals surface area contributed by atoms with Crippen LogP contribution >= 0.6 is 11.6 Å². The van der Waals surface area contributed by atoms with Gasteiger partial charge in [0.25, 0.3) is 5.56 Å². The molecule has 1 saturated heterocycles. The van der Waals surface area contributed by atoms with E-state index in [1.807, 2.05) is 36.4 Å². The second-order valence-corrected chi connectivity index (χ2v) is 8.99. The topological polar surface area (TPSA) is 135 Å². The third-order valence-corrected chi connectivity index (χ3v) is 6.31. The number of nitrogens with one attached hydrogen (secondary N) is 5. The van der Waals surface area contributed by atoms with E-state index >= 15 is 0 Å². The maximum Gasteiger partial charge on any atom is 0.252 e. The van der Waals surface area contributed by atoms with Crippen LogP contribution in [0.4, 0.5) is 0 Å². The minimum atomic E-state index is -0.462. The summed E-state index contributed by atoms with van der Waals surface area (Å²) in [7, 11) is 0. The molecule has 0 spiro atoms. The van der Waals surface area contributed by atoms with Gasteiger partial charge in [0.15, 0.2) is 0 Å². The van der Waals surface area contributed by atoms with Crippen molar-refractivity contribution in [3.8, 4) is 17.0 Å². The van der Waals surface area contributed by atoms with Crippen LogP contribution in [0.2, 0.25) is 5.15 Å². The normalized spacial score (nSPS) is 16.5. The monoisotopic (exact) mass is 504 g/mol. The van der Waals surface area contributed by atoms with Crippen LogP contribution in [0.25, 0.3) is 22.2 Å². The zero-order chi connectivity index (χ0) is 25.1. The van der Waals surface area contributed by atoms with Crippen LogP contribution < -0.4 is 21.5 Å². The van der Waals surface area contributed by atoms with Crippen LogP contribution in [0.1, 0.15) is 17.4 Å². The highest BCUT2D eigenvalue weighted by atomic mass is 35.5. The molecule has 5 rings (SSSR count). The fourth-order valence-corrected chi connectivity index (χ4v) is 4.49. The first-order valence-electron chi connectivity index (χ1n) is 11.5. The molecule has 9 nitrogen and oxygen atoms in total. The van der Waals surface area contributed by atoms with Crippen molar-refractivity contribution in [1.29, 1.82) is 0 Å². The molecule has 1 fully saturated rings. The Morgan fingerprint density at radius 2 is 2.03 bits per heavy atom. The molecule has 2 atom stereocenters. The zero-order valence-corrected chi connectivity index (χ0v) is 20.0. The van der Waals surface area contributed by atoms with E-state index < -0.39 is 6.04 Å². The van der Waals surface area contributed by atoms with E-state index in [1.54, 1.807) is 18.2 Å². The molecule has 1 aliphatic heterocycles. The third-order valence-electron chi connectivity index (χ3n) is 6.04. The molecule has 2 aromatic heterocycles. The van der Waals surface area contributed by atoms with Crippen LogP contribution in [-0.2, 0) is 11.2 Å². The first kappa shape index (κ1) is 23.8. The Balaban J connectivity index is 1.45. The van der Waals surface area contributed by atoms with Gasteiger partial charge in [-0.2, -0.15) is 0 Å². The molecule has 184 valence electrons. The van der Waals surface area contributed by atoms with Gasteiger partial charge in [0.2, 0.25) is 5.91 Å². The van der Waals surface area contributed by atoms with Gasteiger partial charge < -0.3 is 25.7 Å². The van der Waals surface area contributed by atoms with Gasteiger partial charge in [-0.15, -0.1) is 0 Å². The molecule has 0 saturated carbocycles. The number of aromatic nitrogens is 3. The number of aromatic amines is 2. The number of fused-ring (bicyclic) bond motifs is 1. The van der Waals surface area contributed by atoms with E-state index in [9.17, 15) is 14.7 Å². The highest BCUT2D eigenvalue weighted by molar-refractivity contribution is 6.32. The summed E-state index contributed by atoms with van der Waals surface area (Å²) in [5.41, 5.74) is 2.28. The Morgan fingerprint density at radius 3 is 2.81 bits per heavy atom. The summed E-state index contributed by atoms with van der Waals surface area (Å²) >= 11 is 6.55. The number of carbonyl (C=O) groups is 1. The molecule has 10 heteroatoms. The van der Waals surface area contributed by atoms with E-state index in [-0.39, 0.29) is 23.3 Å². The summed E-state index contributed by atoms with van der Waals surface area (Å²) in [6.45, 7) is 1.48. The maximum absolute atomic E-state index is 12.8. The van der Waals surface area contributed by atoms with Gasteiger partial charge in [-0.3, -0.25) is 14.9 Å². The van der Waals surface area contributed by atoms with Gasteiger partial charge in [0, 0.05) is 42.3 Å².